The van der Waals surface area contributed by atoms with E-state index < -0.39 is 0 Å². The Kier molecular flexibility index (Phi) is 5.24. The first kappa shape index (κ1) is 13.9. The lowest BCUT2D eigenvalue weighted by atomic mass is 10.2. The number of carbonyl (C=O) groups is 1. The van der Waals surface area contributed by atoms with Crippen LogP contribution in [-0.4, -0.2) is 18.8 Å². The third-order valence-corrected chi connectivity index (χ3v) is 4.32. The quantitative estimate of drug-likeness (QED) is 0.471. The maximum absolute atomic E-state index is 11.8. The summed E-state index contributed by atoms with van der Waals surface area (Å²) in [5, 5.41) is 1.99. The van der Waals surface area contributed by atoms with E-state index in [2.05, 4.69) is 0 Å². The number of hydrogen-bond acceptors (Lipinski definition) is 4. The molecule has 0 unspecified atom stereocenters. The molecule has 1 heterocycles. The van der Waals surface area contributed by atoms with Crippen molar-refractivity contribution in [1.82, 2.24) is 0 Å². The van der Waals surface area contributed by atoms with Crippen LogP contribution >= 0.6 is 23.1 Å². The first-order chi connectivity index (χ1) is 9.29. The zero-order valence-electron chi connectivity index (χ0n) is 10.5. The third kappa shape index (κ3) is 4.26. The highest BCUT2D eigenvalue weighted by atomic mass is 32.2. The summed E-state index contributed by atoms with van der Waals surface area (Å²) in [7, 11) is 1.41. The number of hydrogen-bond donors (Lipinski definition) is 0. The van der Waals surface area contributed by atoms with Gasteiger partial charge in [-0.1, -0.05) is 24.3 Å². The van der Waals surface area contributed by atoms with Crippen LogP contribution in [0.1, 0.15) is 4.88 Å². The number of thiophene rings is 1. The summed E-state index contributed by atoms with van der Waals surface area (Å²) in [5.41, 5.74) is 0.679. The maximum atomic E-state index is 11.8. The molecule has 1 aromatic heterocycles. The van der Waals surface area contributed by atoms with Crippen LogP contribution in [0, 0.1) is 0 Å². The molecule has 19 heavy (non-hydrogen) atoms. The van der Waals surface area contributed by atoms with Gasteiger partial charge in [0, 0.05) is 21.1 Å². The Balaban J connectivity index is 2.09. The average Bonchev–Trinajstić information content (AvgIpc) is 2.96. The molecule has 0 N–H and O–H groups in total. The molecular formula is C15H14O2S2. The molecule has 0 atom stereocenters. The van der Waals surface area contributed by atoms with Gasteiger partial charge in [0.15, 0.2) is 0 Å². The first-order valence-electron chi connectivity index (χ1n) is 5.80. The Morgan fingerprint density at radius 3 is 2.68 bits per heavy atom. The molecule has 0 saturated carbocycles. The lowest BCUT2D eigenvalue weighted by molar-refractivity contribution is -0.135. The molecule has 98 valence electrons. The van der Waals surface area contributed by atoms with Crippen molar-refractivity contribution in [3.8, 4) is 0 Å². The number of esters is 1. The van der Waals surface area contributed by atoms with E-state index in [1.165, 1.54) is 7.11 Å². The topological polar surface area (TPSA) is 26.3 Å². The Morgan fingerprint density at radius 2 is 2.05 bits per heavy atom. The van der Waals surface area contributed by atoms with E-state index in [4.69, 9.17) is 4.74 Å². The summed E-state index contributed by atoms with van der Waals surface area (Å²) < 4.78 is 4.83. The normalized spacial score (nSPS) is 11.3. The number of carbonyl (C=O) groups excluding carboxylic acids is 1. The Hall–Kier alpha value is -1.52. The predicted octanol–water partition coefficient (Wildman–Crippen LogP) is 4.10. The van der Waals surface area contributed by atoms with Crippen molar-refractivity contribution in [2.75, 3.05) is 12.9 Å². The fourth-order valence-electron chi connectivity index (χ4n) is 1.51. The zero-order chi connectivity index (χ0) is 13.5. The van der Waals surface area contributed by atoms with Crippen molar-refractivity contribution in [3.05, 3.63) is 58.3 Å². The van der Waals surface area contributed by atoms with E-state index >= 15 is 0 Å². The van der Waals surface area contributed by atoms with Crippen molar-refractivity contribution >= 4 is 35.1 Å². The smallest absolute Gasteiger partial charge is 0.334 e. The fourth-order valence-corrected chi connectivity index (χ4v) is 3.07. The molecule has 0 saturated heterocycles. The van der Waals surface area contributed by atoms with Crippen LogP contribution in [0.15, 0.2) is 58.3 Å². The van der Waals surface area contributed by atoms with Gasteiger partial charge < -0.3 is 4.74 Å². The average molecular weight is 290 g/mol. The summed E-state index contributed by atoms with van der Waals surface area (Å²) in [6.07, 6.45) is 1.90. The molecule has 0 aliphatic carbocycles. The Bertz CT molecular complexity index is 545. The van der Waals surface area contributed by atoms with Gasteiger partial charge in [-0.3, -0.25) is 0 Å². The van der Waals surface area contributed by atoms with Gasteiger partial charge in [0.1, 0.15) is 0 Å². The molecule has 0 amide bonds. The van der Waals surface area contributed by atoms with Gasteiger partial charge in [-0.2, -0.15) is 0 Å². The van der Waals surface area contributed by atoms with Gasteiger partial charge >= 0.3 is 5.97 Å². The molecule has 0 spiro atoms. The minimum absolute atomic E-state index is 0.267. The van der Waals surface area contributed by atoms with Gasteiger partial charge in [0.05, 0.1) is 7.11 Å². The van der Waals surface area contributed by atoms with E-state index in [9.17, 15) is 4.79 Å². The van der Waals surface area contributed by atoms with Crippen LogP contribution in [-0.2, 0) is 9.53 Å². The summed E-state index contributed by atoms with van der Waals surface area (Å²) in [4.78, 5) is 14.0. The van der Waals surface area contributed by atoms with Crippen molar-refractivity contribution < 1.29 is 9.53 Å². The van der Waals surface area contributed by atoms with Gasteiger partial charge in [0.25, 0.3) is 0 Å². The molecule has 0 radical (unpaired) electrons. The van der Waals surface area contributed by atoms with Gasteiger partial charge in [-0.05, 0) is 29.7 Å². The maximum Gasteiger partial charge on any atom is 0.334 e. The number of benzene rings is 1. The van der Waals surface area contributed by atoms with Crippen LogP contribution in [0.4, 0.5) is 0 Å². The van der Waals surface area contributed by atoms with Gasteiger partial charge in [-0.15, -0.1) is 23.1 Å². The van der Waals surface area contributed by atoms with Crippen molar-refractivity contribution in [1.29, 1.82) is 0 Å². The van der Waals surface area contributed by atoms with Crippen LogP contribution in [0.3, 0.4) is 0 Å². The number of thioether (sulfide) groups is 1. The second-order valence-corrected chi connectivity index (χ2v) is 5.81. The second kappa shape index (κ2) is 7.16. The highest BCUT2D eigenvalue weighted by Crippen LogP contribution is 2.23. The van der Waals surface area contributed by atoms with Crippen LogP contribution in [0.5, 0.6) is 0 Å². The van der Waals surface area contributed by atoms with E-state index in [1.54, 1.807) is 23.1 Å². The van der Waals surface area contributed by atoms with E-state index in [-0.39, 0.29) is 5.97 Å². The molecule has 1 aromatic carbocycles. The van der Waals surface area contributed by atoms with Crippen molar-refractivity contribution in [3.63, 3.8) is 0 Å². The standard InChI is InChI=1S/C15H14O2S2/c1-17-15(16)12(10-14-8-5-9-18-14)11-19-13-6-3-2-4-7-13/h2-10H,11H2,1H3/b12-10+. The molecule has 0 aliphatic rings. The Morgan fingerprint density at radius 1 is 1.26 bits per heavy atom. The highest BCUT2D eigenvalue weighted by molar-refractivity contribution is 7.99. The lowest BCUT2D eigenvalue weighted by Crippen LogP contribution is -2.06. The number of rotatable bonds is 5. The second-order valence-electron chi connectivity index (χ2n) is 3.78. The zero-order valence-corrected chi connectivity index (χ0v) is 12.2. The molecule has 4 heteroatoms. The highest BCUT2D eigenvalue weighted by Gasteiger charge is 2.10. The van der Waals surface area contributed by atoms with E-state index in [0.29, 0.717) is 11.3 Å². The summed E-state index contributed by atoms with van der Waals surface area (Å²) in [5.74, 6) is 0.339. The molecule has 0 fully saturated rings. The van der Waals surface area contributed by atoms with Gasteiger partial charge in [0.2, 0.25) is 0 Å². The number of ether oxygens (including phenoxy) is 1. The van der Waals surface area contributed by atoms with Crippen molar-refractivity contribution in [2.45, 2.75) is 4.90 Å². The summed E-state index contributed by atoms with van der Waals surface area (Å²) in [6, 6.07) is 14.0. The lowest BCUT2D eigenvalue weighted by Gasteiger charge is -2.05. The van der Waals surface area contributed by atoms with Gasteiger partial charge in [-0.25, -0.2) is 4.79 Å². The fraction of sp³-hybridized carbons (Fsp3) is 0.133. The van der Waals surface area contributed by atoms with Crippen LogP contribution < -0.4 is 0 Å². The van der Waals surface area contributed by atoms with E-state index in [1.807, 2.05) is 53.9 Å². The SMILES string of the molecule is COC(=O)/C(=C/c1cccs1)CSc1ccccc1. The molecule has 0 aliphatic heterocycles. The Labute approximate surface area is 121 Å². The molecule has 0 bridgehead atoms. The molecule has 2 nitrogen and oxygen atoms in total. The summed E-state index contributed by atoms with van der Waals surface area (Å²) >= 11 is 3.24. The third-order valence-electron chi connectivity index (χ3n) is 2.44. The van der Waals surface area contributed by atoms with E-state index in [0.717, 1.165) is 9.77 Å². The summed E-state index contributed by atoms with van der Waals surface area (Å²) in [6.45, 7) is 0. The molecule has 2 rings (SSSR count). The van der Waals surface area contributed by atoms with Crippen LogP contribution in [0.25, 0.3) is 6.08 Å². The minimum atomic E-state index is -0.267. The van der Waals surface area contributed by atoms with Crippen LogP contribution in [0.2, 0.25) is 0 Å². The molecular weight excluding hydrogens is 276 g/mol. The minimum Gasteiger partial charge on any atom is -0.466 e. The van der Waals surface area contributed by atoms with Crippen molar-refractivity contribution in [2.24, 2.45) is 0 Å². The number of methoxy groups -OCH3 is 1. The molecule has 2 aromatic rings. The largest absolute Gasteiger partial charge is 0.466 e. The monoisotopic (exact) mass is 290 g/mol. The first-order valence-corrected chi connectivity index (χ1v) is 7.66. The predicted molar refractivity (Wildman–Crippen MR) is 81.5 cm³/mol.